The van der Waals surface area contributed by atoms with Crippen molar-refractivity contribution in [2.24, 2.45) is 0 Å². The molecule has 0 radical (unpaired) electrons. The van der Waals surface area contributed by atoms with Crippen molar-refractivity contribution in [2.75, 3.05) is 11.5 Å². The summed E-state index contributed by atoms with van der Waals surface area (Å²) in [7, 11) is 0. The van der Waals surface area contributed by atoms with Gasteiger partial charge in [0.05, 0.1) is 11.4 Å². The highest BCUT2D eigenvalue weighted by Gasteiger charge is 2.11. The second-order valence-electron chi connectivity index (χ2n) is 6.03. The van der Waals surface area contributed by atoms with Crippen LogP contribution in [0.25, 0.3) is 22.3 Å². The molecule has 0 aromatic heterocycles. The number of nitrogen functional groups attached to an aromatic ring is 2. The monoisotopic (exact) mass is 320 g/mol. The van der Waals surface area contributed by atoms with Gasteiger partial charge in [-0.2, -0.15) is 0 Å². The molecule has 0 amide bonds. The van der Waals surface area contributed by atoms with E-state index >= 15 is 0 Å². The molecule has 0 aliphatic rings. The predicted molar refractivity (Wildman–Crippen MR) is 98.9 cm³/mol. The maximum Gasteiger partial charge on any atom is 0.139 e. The molecule has 0 aliphatic carbocycles. The Hall–Kier alpha value is -3.14. The minimum atomic E-state index is 0.0806. The van der Waals surface area contributed by atoms with E-state index in [2.05, 4.69) is 12.1 Å². The number of hydrogen-bond donors (Lipinski definition) is 4. The largest absolute Gasteiger partial charge is 0.506 e. The lowest BCUT2D eigenvalue weighted by Gasteiger charge is -2.14. The van der Waals surface area contributed by atoms with Crippen LogP contribution in [0.4, 0.5) is 11.4 Å². The zero-order valence-corrected chi connectivity index (χ0v) is 13.7. The lowest BCUT2D eigenvalue weighted by Crippen LogP contribution is -1.92. The number of aromatic hydroxyl groups is 2. The van der Waals surface area contributed by atoms with Crippen molar-refractivity contribution in [3.63, 3.8) is 0 Å². The van der Waals surface area contributed by atoms with E-state index in [0.717, 1.165) is 33.4 Å². The Morgan fingerprint density at radius 3 is 1.33 bits per heavy atom. The molecule has 0 saturated heterocycles. The van der Waals surface area contributed by atoms with Crippen molar-refractivity contribution in [2.45, 2.75) is 13.8 Å². The molecule has 3 aromatic rings. The van der Waals surface area contributed by atoms with Gasteiger partial charge in [-0.25, -0.2) is 0 Å². The van der Waals surface area contributed by atoms with Crippen LogP contribution >= 0.6 is 0 Å². The molecular weight excluding hydrogens is 300 g/mol. The summed E-state index contributed by atoms with van der Waals surface area (Å²) in [5.74, 6) is 0.161. The second kappa shape index (κ2) is 5.81. The van der Waals surface area contributed by atoms with Crippen LogP contribution in [0.5, 0.6) is 11.5 Å². The Labute approximate surface area is 141 Å². The fraction of sp³-hybridized carbons (Fsp3) is 0.100. The van der Waals surface area contributed by atoms with Gasteiger partial charge in [0.15, 0.2) is 0 Å². The van der Waals surface area contributed by atoms with Crippen LogP contribution in [0, 0.1) is 13.8 Å². The van der Waals surface area contributed by atoms with Gasteiger partial charge in [-0.1, -0.05) is 24.3 Å². The lowest BCUT2D eigenvalue weighted by molar-refractivity contribution is 0.477. The normalized spacial score (nSPS) is 10.8. The summed E-state index contributed by atoms with van der Waals surface area (Å²) >= 11 is 0. The van der Waals surface area contributed by atoms with Gasteiger partial charge in [0, 0.05) is 0 Å². The second-order valence-corrected chi connectivity index (χ2v) is 6.03. The zero-order valence-electron chi connectivity index (χ0n) is 13.7. The minimum Gasteiger partial charge on any atom is -0.506 e. The van der Waals surface area contributed by atoms with Crippen LogP contribution in [-0.2, 0) is 0 Å². The third-order valence-corrected chi connectivity index (χ3v) is 4.25. The molecule has 0 fully saturated rings. The molecule has 122 valence electrons. The molecule has 24 heavy (non-hydrogen) atoms. The van der Waals surface area contributed by atoms with Gasteiger partial charge in [-0.3, -0.25) is 0 Å². The van der Waals surface area contributed by atoms with Gasteiger partial charge < -0.3 is 21.7 Å². The topological polar surface area (TPSA) is 92.5 Å². The average molecular weight is 320 g/mol. The van der Waals surface area contributed by atoms with Crippen molar-refractivity contribution in [3.05, 3.63) is 59.7 Å². The molecule has 4 heteroatoms. The molecule has 0 unspecified atom stereocenters. The van der Waals surface area contributed by atoms with Crippen LogP contribution in [0.3, 0.4) is 0 Å². The van der Waals surface area contributed by atoms with Crippen LogP contribution in [0.15, 0.2) is 48.5 Å². The lowest BCUT2D eigenvalue weighted by atomic mass is 9.91. The minimum absolute atomic E-state index is 0.0806. The van der Waals surface area contributed by atoms with Gasteiger partial charge in [0.2, 0.25) is 0 Å². The SMILES string of the molecule is Cc1cc(-c2ccc(N)c(O)c2)c(C)cc1-c1ccc(N)c(O)c1. The Kier molecular flexibility index (Phi) is 3.81. The molecule has 0 saturated carbocycles. The molecular formula is C20H20N2O2. The summed E-state index contributed by atoms with van der Waals surface area (Å²) in [4.78, 5) is 0. The third-order valence-electron chi connectivity index (χ3n) is 4.25. The van der Waals surface area contributed by atoms with Crippen LogP contribution in [0.2, 0.25) is 0 Å². The van der Waals surface area contributed by atoms with Crippen molar-refractivity contribution >= 4 is 11.4 Å². The fourth-order valence-corrected chi connectivity index (χ4v) is 2.86. The highest BCUT2D eigenvalue weighted by Crippen LogP contribution is 2.36. The van der Waals surface area contributed by atoms with E-state index in [1.807, 2.05) is 26.0 Å². The van der Waals surface area contributed by atoms with Crippen molar-refractivity contribution in [3.8, 4) is 33.8 Å². The smallest absolute Gasteiger partial charge is 0.139 e. The maximum absolute atomic E-state index is 9.85. The quantitative estimate of drug-likeness (QED) is 0.420. The van der Waals surface area contributed by atoms with Gasteiger partial charge in [-0.05, 0) is 71.5 Å². The van der Waals surface area contributed by atoms with E-state index in [1.54, 1.807) is 24.3 Å². The standard InChI is InChI=1S/C20H20N2O2/c1-11-7-16(14-4-6-18(22)20(24)10-14)12(2)8-15(11)13-3-5-17(21)19(23)9-13/h3-10,23-24H,21-22H2,1-2H3. The summed E-state index contributed by atoms with van der Waals surface area (Å²) < 4.78 is 0. The number of nitrogens with two attached hydrogens (primary N) is 2. The molecule has 4 nitrogen and oxygen atoms in total. The Morgan fingerprint density at radius 1 is 0.625 bits per heavy atom. The van der Waals surface area contributed by atoms with Crippen LogP contribution in [-0.4, -0.2) is 10.2 Å². The van der Waals surface area contributed by atoms with Crippen LogP contribution in [0.1, 0.15) is 11.1 Å². The molecule has 0 aliphatic heterocycles. The highest BCUT2D eigenvalue weighted by molar-refractivity contribution is 5.79. The van der Waals surface area contributed by atoms with E-state index in [0.29, 0.717) is 11.4 Å². The highest BCUT2D eigenvalue weighted by atomic mass is 16.3. The summed E-state index contributed by atoms with van der Waals surface area (Å²) in [6, 6.07) is 14.7. The Bertz CT molecular complexity index is 856. The first-order valence-corrected chi connectivity index (χ1v) is 7.66. The maximum atomic E-state index is 9.85. The number of phenolic OH excluding ortho intramolecular Hbond substituents is 2. The Balaban J connectivity index is 2.11. The summed E-state index contributed by atoms with van der Waals surface area (Å²) in [6.45, 7) is 4.03. The van der Waals surface area contributed by atoms with Gasteiger partial charge >= 0.3 is 0 Å². The molecule has 0 heterocycles. The molecule has 3 rings (SSSR count). The molecule has 0 bridgehead atoms. The van der Waals surface area contributed by atoms with E-state index in [1.165, 1.54) is 0 Å². The Morgan fingerprint density at radius 2 is 1.00 bits per heavy atom. The molecule has 3 aromatic carbocycles. The van der Waals surface area contributed by atoms with Crippen molar-refractivity contribution < 1.29 is 10.2 Å². The van der Waals surface area contributed by atoms with Gasteiger partial charge in [0.1, 0.15) is 11.5 Å². The first kappa shape index (κ1) is 15.7. The number of rotatable bonds is 2. The third kappa shape index (κ3) is 2.74. The number of hydrogen-bond acceptors (Lipinski definition) is 4. The van der Waals surface area contributed by atoms with E-state index in [-0.39, 0.29) is 11.5 Å². The summed E-state index contributed by atoms with van der Waals surface area (Å²) in [5.41, 5.74) is 18.1. The number of phenols is 2. The van der Waals surface area contributed by atoms with Crippen LogP contribution < -0.4 is 11.5 Å². The van der Waals surface area contributed by atoms with E-state index in [4.69, 9.17) is 11.5 Å². The molecule has 6 N–H and O–H groups in total. The first-order valence-electron chi connectivity index (χ1n) is 7.66. The fourth-order valence-electron chi connectivity index (χ4n) is 2.86. The number of anilines is 2. The van der Waals surface area contributed by atoms with Gasteiger partial charge in [0.25, 0.3) is 0 Å². The summed E-state index contributed by atoms with van der Waals surface area (Å²) in [6.07, 6.45) is 0. The van der Waals surface area contributed by atoms with Gasteiger partial charge in [-0.15, -0.1) is 0 Å². The van der Waals surface area contributed by atoms with Crippen molar-refractivity contribution in [1.82, 2.24) is 0 Å². The number of benzene rings is 3. The molecule has 0 spiro atoms. The zero-order chi connectivity index (χ0) is 17.4. The predicted octanol–water partition coefficient (Wildman–Crippen LogP) is 4.21. The average Bonchev–Trinajstić information content (AvgIpc) is 2.54. The number of aryl methyl sites for hydroxylation is 2. The van der Waals surface area contributed by atoms with E-state index in [9.17, 15) is 10.2 Å². The van der Waals surface area contributed by atoms with E-state index < -0.39 is 0 Å². The first-order chi connectivity index (χ1) is 11.4. The molecule has 0 atom stereocenters. The summed E-state index contributed by atoms with van der Waals surface area (Å²) in [5, 5.41) is 19.7. The van der Waals surface area contributed by atoms with Crippen molar-refractivity contribution in [1.29, 1.82) is 0 Å².